The van der Waals surface area contributed by atoms with Crippen LogP contribution in [0.5, 0.6) is 0 Å². The van der Waals surface area contributed by atoms with E-state index >= 15 is 0 Å². The number of likely N-dealkylation sites (tertiary alicyclic amines) is 1. The number of benzene rings is 1. The molecule has 3 aromatic rings. The highest BCUT2D eigenvalue weighted by Gasteiger charge is 2.29. The molecule has 0 bridgehead atoms. The molecule has 2 fully saturated rings. The predicted molar refractivity (Wildman–Crippen MR) is 142 cm³/mol. The average Bonchev–Trinajstić information content (AvgIpc) is 3.57. The van der Waals surface area contributed by atoms with E-state index in [4.69, 9.17) is 16.6 Å². The van der Waals surface area contributed by atoms with Gasteiger partial charge in [-0.25, -0.2) is 15.0 Å². The molecule has 0 atom stereocenters. The number of hydrogen-bond acceptors (Lipinski definition) is 7. The van der Waals surface area contributed by atoms with Crippen LogP contribution in [-0.4, -0.2) is 69.5 Å². The summed E-state index contributed by atoms with van der Waals surface area (Å²) in [5, 5.41) is 3.87. The van der Waals surface area contributed by atoms with Gasteiger partial charge in [-0.2, -0.15) is 0 Å². The number of carbonyl (C=O) groups excluding carboxylic acids is 1. The first kappa shape index (κ1) is 23.4. The third-order valence-electron chi connectivity index (χ3n) is 7.69. The lowest BCUT2D eigenvalue weighted by Crippen LogP contribution is -2.36. The quantitative estimate of drug-likeness (QED) is 0.542. The van der Waals surface area contributed by atoms with Gasteiger partial charge in [-0.3, -0.25) is 4.79 Å². The zero-order valence-corrected chi connectivity index (χ0v) is 21.3. The molecule has 0 spiro atoms. The van der Waals surface area contributed by atoms with Gasteiger partial charge in [0.25, 0.3) is 0 Å². The Morgan fingerprint density at radius 1 is 1.06 bits per heavy atom. The molecular formula is C27H32ClN7O. The number of aromatic nitrogens is 4. The van der Waals surface area contributed by atoms with Crippen molar-refractivity contribution in [3.8, 4) is 11.3 Å². The Labute approximate surface area is 216 Å². The number of Topliss-reactive ketones (excluding diaryl/α,β-unsaturated/α-hetero) is 1. The number of piperidine rings is 1. The van der Waals surface area contributed by atoms with Crippen molar-refractivity contribution in [3.63, 3.8) is 0 Å². The number of rotatable bonds is 6. The largest absolute Gasteiger partial charge is 0.363 e. The zero-order chi connectivity index (χ0) is 24.5. The number of halogens is 1. The van der Waals surface area contributed by atoms with Crippen LogP contribution in [0.25, 0.3) is 11.3 Å². The molecule has 0 aliphatic carbocycles. The molecule has 0 amide bonds. The van der Waals surface area contributed by atoms with E-state index < -0.39 is 0 Å². The molecule has 2 aromatic heterocycles. The van der Waals surface area contributed by atoms with Crippen molar-refractivity contribution in [1.29, 1.82) is 0 Å². The summed E-state index contributed by atoms with van der Waals surface area (Å²) in [5.41, 5.74) is 2.99. The number of ketones is 1. The summed E-state index contributed by atoms with van der Waals surface area (Å²) >= 11 is 6.29. The van der Waals surface area contributed by atoms with Crippen LogP contribution in [0.4, 0.5) is 11.6 Å². The van der Waals surface area contributed by atoms with E-state index in [9.17, 15) is 4.79 Å². The Kier molecular flexibility index (Phi) is 6.63. The topological polar surface area (TPSA) is 79.2 Å². The number of imidazole rings is 1. The number of nitrogens with one attached hydrogen (secondary N) is 1. The lowest BCUT2D eigenvalue weighted by Gasteiger charge is -2.34. The molecule has 0 saturated carbocycles. The van der Waals surface area contributed by atoms with Crippen LogP contribution in [0.1, 0.15) is 43.0 Å². The summed E-state index contributed by atoms with van der Waals surface area (Å²) < 4.78 is 2.38. The Hall–Kier alpha value is -2.97. The normalized spacial score (nSPS) is 18.9. The van der Waals surface area contributed by atoms with Crippen LogP contribution in [0.3, 0.4) is 0 Å². The fourth-order valence-electron chi connectivity index (χ4n) is 5.76. The van der Waals surface area contributed by atoms with E-state index in [1.165, 1.54) is 31.8 Å². The Bertz CT molecular complexity index is 1240. The molecule has 0 radical (unpaired) electrons. The standard InChI is InChI=1S/C27H32ClN7O/c28-21-5-3-4-20(14-21)24-17-35(13-12-33-8-1-2-9-33)26(32-24)19-6-10-34(11-7-19)27-23-15-22(36)16-29-25(23)30-18-31-27/h3-5,14,17-19H,1-2,6-13,15-16H2,(H,29,30,31). The molecule has 8 nitrogen and oxygen atoms in total. The number of fused-ring (bicyclic) bond motifs is 1. The number of nitrogens with zero attached hydrogens (tertiary/aromatic N) is 6. The molecule has 6 rings (SSSR count). The maximum Gasteiger partial charge on any atom is 0.156 e. The Morgan fingerprint density at radius 3 is 2.69 bits per heavy atom. The van der Waals surface area contributed by atoms with Crippen molar-refractivity contribution in [2.24, 2.45) is 0 Å². The van der Waals surface area contributed by atoms with Crippen molar-refractivity contribution in [3.05, 3.63) is 53.2 Å². The minimum absolute atomic E-state index is 0.182. The summed E-state index contributed by atoms with van der Waals surface area (Å²) in [7, 11) is 0. The van der Waals surface area contributed by atoms with Gasteiger partial charge in [-0.15, -0.1) is 0 Å². The predicted octanol–water partition coefficient (Wildman–Crippen LogP) is 4.01. The molecule has 9 heteroatoms. The molecule has 188 valence electrons. The van der Waals surface area contributed by atoms with Gasteiger partial charge in [0.1, 0.15) is 23.8 Å². The summed E-state index contributed by atoms with van der Waals surface area (Å²) in [4.78, 5) is 31.0. The minimum atomic E-state index is 0.182. The first-order valence-electron chi connectivity index (χ1n) is 13.0. The van der Waals surface area contributed by atoms with E-state index in [0.717, 1.165) is 72.5 Å². The van der Waals surface area contributed by atoms with Crippen LogP contribution < -0.4 is 10.2 Å². The van der Waals surface area contributed by atoms with E-state index in [1.807, 2.05) is 18.2 Å². The van der Waals surface area contributed by atoms with Gasteiger partial charge in [-0.05, 0) is 50.9 Å². The second-order valence-corrected chi connectivity index (χ2v) is 10.5. The molecule has 1 N–H and O–H groups in total. The van der Waals surface area contributed by atoms with Gasteiger partial charge in [0.2, 0.25) is 0 Å². The van der Waals surface area contributed by atoms with Gasteiger partial charge in [0.05, 0.1) is 12.2 Å². The molecular weight excluding hydrogens is 474 g/mol. The average molecular weight is 506 g/mol. The minimum Gasteiger partial charge on any atom is -0.363 e. The van der Waals surface area contributed by atoms with Crippen LogP contribution in [0.2, 0.25) is 5.02 Å². The van der Waals surface area contributed by atoms with Gasteiger partial charge < -0.3 is 19.7 Å². The van der Waals surface area contributed by atoms with E-state index in [1.54, 1.807) is 6.33 Å². The van der Waals surface area contributed by atoms with Crippen LogP contribution in [0, 0.1) is 0 Å². The highest BCUT2D eigenvalue weighted by Crippen LogP contribution is 2.34. The second kappa shape index (κ2) is 10.2. The smallest absolute Gasteiger partial charge is 0.156 e. The van der Waals surface area contributed by atoms with Gasteiger partial charge >= 0.3 is 0 Å². The van der Waals surface area contributed by atoms with Gasteiger partial charge in [0.15, 0.2) is 5.78 Å². The first-order chi connectivity index (χ1) is 17.6. The molecule has 36 heavy (non-hydrogen) atoms. The summed E-state index contributed by atoms with van der Waals surface area (Å²) in [6, 6.07) is 7.97. The van der Waals surface area contributed by atoms with Crippen molar-refractivity contribution in [1.82, 2.24) is 24.4 Å². The molecule has 1 aromatic carbocycles. The first-order valence-corrected chi connectivity index (χ1v) is 13.4. The molecule has 5 heterocycles. The fraction of sp³-hybridized carbons (Fsp3) is 0.481. The van der Waals surface area contributed by atoms with Gasteiger partial charge in [0, 0.05) is 60.9 Å². The summed E-state index contributed by atoms with van der Waals surface area (Å²) in [6.07, 6.45) is 8.81. The summed E-state index contributed by atoms with van der Waals surface area (Å²) in [6.45, 7) is 6.53. The Balaban J connectivity index is 1.22. The maximum atomic E-state index is 12.1. The highest BCUT2D eigenvalue weighted by atomic mass is 35.5. The fourth-order valence-corrected chi connectivity index (χ4v) is 5.95. The van der Waals surface area contributed by atoms with E-state index in [-0.39, 0.29) is 5.78 Å². The summed E-state index contributed by atoms with van der Waals surface area (Å²) in [5.74, 6) is 3.43. The number of hydrogen-bond donors (Lipinski definition) is 1. The lowest BCUT2D eigenvalue weighted by atomic mass is 9.95. The number of carbonyl (C=O) groups is 1. The van der Waals surface area contributed by atoms with Crippen LogP contribution in [0.15, 0.2) is 36.8 Å². The third-order valence-corrected chi connectivity index (χ3v) is 7.93. The molecule has 0 unspecified atom stereocenters. The van der Waals surface area contributed by atoms with E-state index in [2.05, 4.69) is 41.9 Å². The monoisotopic (exact) mass is 505 g/mol. The van der Waals surface area contributed by atoms with Crippen molar-refractivity contribution in [2.75, 3.05) is 49.5 Å². The highest BCUT2D eigenvalue weighted by molar-refractivity contribution is 6.30. The number of anilines is 2. The molecule has 3 aliphatic heterocycles. The third kappa shape index (κ3) is 4.84. The SMILES string of the molecule is O=C1CNc2ncnc(N3CCC(c4nc(-c5cccc(Cl)c5)cn4CCN4CCCC4)CC3)c2C1. The molecule has 2 saturated heterocycles. The van der Waals surface area contributed by atoms with Crippen molar-refractivity contribution in [2.45, 2.75) is 44.6 Å². The van der Waals surface area contributed by atoms with E-state index in [0.29, 0.717) is 18.9 Å². The molecule has 3 aliphatic rings. The van der Waals surface area contributed by atoms with Gasteiger partial charge in [-0.1, -0.05) is 23.7 Å². The van der Waals surface area contributed by atoms with Crippen molar-refractivity contribution >= 4 is 29.0 Å². The second-order valence-electron chi connectivity index (χ2n) is 10.1. The lowest BCUT2D eigenvalue weighted by molar-refractivity contribution is -0.117. The Morgan fingerprint density at radius 2 is 1.89 bits per heavy atom. The van der Waals surface area contributed by atoms with Crippen LogP contribution in [-0.2, 0) is 17.8 Å². The van der Waals surface area contributed by atoms with Crippen molar-refractivity contribution < 1.29 is 4.79 Å². The van der Waals surface area contributed by atoms with Crippen LogP contribution >= 0.6 is 11.6 Å². The maximum absolute atomic E-state index is 12.1. The zero-order valence-electron chi connectivity index (χ0n) is 20.5.